The zero-order chi connectivity index (χ0) is 18.9. The fourth-order valence-corrected chi connectivity index (χ4v) is 2.59. The van der Waals surface area contributed by atoms with Crippen molar-refractivity contribution < 1.29 is 19.1 Å². The minimum Gasteiger partial charge on any atom is -0.495 e. The highest BCUT2D eigenvalue weighted by atomic mass is 16.5. The summed E-state index contributed by atoms with van der Waals surface area (Å²) < 4.78 is 9.99. The van der Waals surface area contributed by atoms with Crippen LogP contribution in [-0.4, -0.2) is 44.1 Å². The zero-order valence-corrected chi connectivity index (χ0v) is 15.3. The summed E-state index contributed by atoms with van der Waals surface area (Å²) in [6.45, 7) is 3.47. The van der Waals surface area contributed by atoms with Gasteiger partial charge in [0.15, 0.2) is 0 Å². The molecule has 6 heteroatoms. The highest BCUT2D eigenvalue weighted by Gasteiger charge is 2.13. The third-order valence-corrected chi connectivity index (χ3v) is 3.95. The molecule has 0 aliphatic heterocycles. The molecule has 2 aromatic carbocycles. The van der Waals surface area contributed by atoms with E-state index in [2.05, 4.69) is 5.32 Å². The first-order valence-electron chi connectivity index (χ1n) is 8.39. The topological polar surface area (TPSA) is 67.9 Å². The zero-order valence-electron chi connectivity index (χ0n) is 15.3. The maximum absolute atomic E-state index is 12.4. The molecule has 0 bridgehead atoms. The molecule has 2 aromatic rings. The van der Waals surface area contributed by atoms with Gasteiger partial charge in [0.2, 0.25) is 5.91 Å². The summed E-state index contributed by atoms with van der Waals surface area (Å²) in [5, 5.41) is 2.87. The molecule has 0 heterocycles. The lowest BCUT2D eigenvalue weighted by molar-refractivity contribution is -0.117. The van der Waals surface area contributed by atoms with Crippen LogP contribution in [0.2, 0.25) is 0 Å². The van der Waals surface area contributed by atoms with Gasteiger partial charge in [-0.3, -0.25) is 9.69 Å². The average Bonchev–Trinajstić information content (AvgIpc) is 2.67. The minimum absolute atomic E-state index is 0.125. The van der Waals surface area contributed by atoms with Gasteiger partial charge >= 0.3 is 5.97 Å². The van der Waals surface area contributed by atoms with Crippen molar-refractivity contribution in [1.82, 2.24) is 4.90 Å². The van der Waals surface area contributed by atoms with Crippen LogP contribution in [0.25, 0.3) is 0 Å². The number of methoxy groups -OCH3 is 2. The molecule has 0 aromatic heterocycles. The van der Waals surface area contributed by atoms with Gasteiger partial charge in [0.25, 0.3) is 0 Å². The van der Waals surface area contributed by atoms with E-state index >= 15 is 0 Å². The molecular formula is C20H24N2O4. The van der Waals surface area contributed by atoms with Crippen molar-refractivity contribution in [3.05, 3.63) is 59.7 Å². The van der Waals surface area contributed by atoms with E-state index in [1.54, 1.807) is 31.4 Å². The normalized spacial score (nSPS) is 10.5. The third kappa shape index (κ3) is 5.32. The molecule has 1 N–H and O–H groups in total. The Bertz CT molecular complexity index is 761. The standard InChI is InChI=1S/C20H24N2O4/c1-4-22(13-15-8-7-9-16(12-15)20(24)26-3)14-19(23)21-17-10-5-6-11-18(17)25-2/h5-12H,4,13-14H2,1-3H3,(H,21,23). The van der Waals surface area contributed by atoms with Crippen LogP contribution >= 0.6 is 0 Å². The Kier molecular flexibility index (Phi) is 7.17. The number of likely N-dealkylation sites (N-methyl/N-ethyl adjacent to an activating group) is 1. The summed E-state index contributed by atoms with van der Waals surface area (Å²) in [5.74, 6) is 0.124. The SMILES string of the molecule is CCN(CC(=O)Nc1ccccc1OC)Cc1cccc(C(=O)OC)c1. The van der Waals surface area contributed by atoms with Crippen LogP contribution in [-0.2, 0) is 16.1 Å². The van der Waals surface area contributed by atoms with Crippen LogP contribution in [0.15, 0.2) is 48.5 Å². The maximum atomic E-state index is 12.4. The number of carbonyl (C=O) groups is 2. The number of hydrogen-bond donors (Lipinski definition) is 1. The summed E-state index contributed by atoms with van der Waals surface area (Å²) in [6.07, 6.45) is 0. The largest absolute Gasteiger partial charge is 0.495 e. The maximum Gasteiger partial charge on any atom is 0.337 e. The Hall–Kier alpha value is -2.86. The number of amides is 1. The molecule has 0 saturated carbocycles. The Labute approximate surface area is 153 Å². The fraction of sp³-hybridized carbons (Fsp3) is 0.300. The molecule has 2 rings (SSSR count). The van der Waals surface area contributed by atoms with Crippen molar-refractivity contribution in [2.45, 2.75) is 13.5 Å². The Morgan fingerprint density at radius 3 is 2.54 bits per heavy atom. The van der Waals surface area contributed by atoms with Crippen molar-refractivity contribution >= 4 is 17.6 Å². The number of benzene rings is 2. The summed E-state index contributed by atoms with van der Waals surface area (Å²) in [4.78, 5) is 26.0. The Balaban J connectivity index is 2.00. The number of nitrogens with zero attached hydrogens (tertiary/aromatic N) is 1. The summed E-state index contributed by atoms with van der Waals surface area (Å²) in [6, 6.07) is 14.5. The number of anilines is 1. The Morgan fingerprint density at radius 2 is 1.85 bits per heavy atom. The molecule has 0 radical (unpaired) electrons. The van der Waals surface area contributed by atoms with Gasteiger partial charge in [-0.25, -0.2) is 4.79 Å². The average molecular weight is 356 g/mol. The van der Waals surface area contributed by atoms with E-state index in [9.17, 15) is 9.59 Å². The first kappa shape index (κ1) is 19.5. The van der Waals surface area contributed by atoms with Crippen LogP contribution < -0.4 is 10.1 Å². The lowest BCUT2D eigenvalue weighted by Crippen LogP contribution is -2.32. The predicted molar refractivity (Wildman–Crippen MR) is 100 cm³/mol. The molecule has 138 valence electrons. The monoisotopic (exact) mass is 356 g/mol. The van der Waals surface area contributed by atoms with Crippen LogP contribution in [0, 0.1) is 0 Å². The first-order chi connectivity index (χ1) is 12.6. The van der Waals surface area contributed by atoms with Crippen molar-refractivity contribution in [1.29, 1.82) is 0 Å². The van der Waals surface area contributed by atoms with Crippen molar-refractivity contribution in [2.24, 2.45) is 0 Å². The molecular weight excluding hydrogens is 332 g/mol. The van der Waals surface area contributed by atoms with E-state index in [1.807, 2.05) is 36.1 Å². The molecule has 6 nitrogen and oxygen atoms in total. The molecule has 0 aliphatic carbocycles. The Morgan fingerprint density at radius 1 is 1.08 bits per heavy atom. The van der Waals surface area contributed by atoms with Gasteiger partial charge in [0.05, 0.1) is 32.0 Å². The highest BCUT2D eigenvalue weighted by molar-refractivity contribution is 5.93. The van der Waals surface area contributed by atoms with Crippen LogP contribution in [0.5, 0.6) is 5.75 Å². The molecule has 0 spiro atoms. The second-order valence-corrected chi connectivity index (χ2v) is 5.74. The summed E-state index contributed by atoms with van der Waals surface area (Å²) >= 11 is 0. The number of ether oxygens (including phenoxy) is 2. The molecule has 0 saturated heterocycles. The van der Waals surface area contributed by atoms with Gasteiger partial charge in [-0.05, 0) is 36.4 Å². The van der Waals surface area contributed by atoms with Gasteiger partial charge < -0.3 is 14.8 Å². The first-order valence-corrected chi connectivity index (χ1v) is 8.39. The van der Waals surface area contributed by atoms with Gasteiger partial charge in [0.1, 0.15) is 5.75 Å². The predicted octanol–water partition coefficient (Wildman–Crippen LogP) is 2.94. The number of carbonyl (C=O) groups excluding carboxylic acids is 2. The van der Waals surface area contributed by atoms with E-state index in [0.29, 0.717) is 30.1 Å². The second kappa shape index (κ2) is 9.58. The quantitative estimate of drug-likeness (QED) is 0.737. The van der Waals surface area contributed by atoms with E-state index in [1.165, 1.54) is 7.11 Å². The number of hydrogen-bond acceptors (Lipinski definition) is 5. The van der Waals surface area contributed by atoms with E-state index in [0.717, 1.165) is 5.56 Å². The number of esters is 1. The minimum atomic E-state index is -0.371. The third-order valence-electron chi connectivity index (χ3n) is 3.95. The fourth-order valence-electron chi connectivity index (χ4n) is 2.59. The van der Waals surface area contributed by atoms with Gasteiger partial charge in [-0.2, -0.15) is 0 Å². The van der Waals surface area contributed by atoms with Gasteiger partial charge in [0, 0.05) is 6.54 Å². The van der Waals surface area contributed by atoms with Crippen LogP contribution in [0.3, 0.4) is 0 Å². The summed E-state index contributed by atoms with van der Waals surface area (Å²) in [5.41, 5.74) is 2.09. The molecule has 0 unspecified atom stereocenters. The smallest absolute Gasteiger partial charge is 0.337 e. The van der Waals surface area contributed by atoms with E-state index < -0.39 is 0 Å². The van der Waals surface area contributed by atoms with Gasteiger partial charge in [-0.1, -0.05) is 31.2 Å². The van der Waals surface area contributed by atoms with Crippen molar-refractivity contribution in [3.63, 3.8) is 0 Å². The van der Waals surface area contributed by atoms with Crippen LogP contribution in [0.4, 0.5) is 5.69 Å². The van der Waals surface area contributed by atoms with Gasteiger partial charge in [-0.15, -0.1) is 0 Å². The highest BCUT2D eigenvalue weighted by Crippen LogP contribution is 2.22. The van der Waals surface area contributed by atoms with E-state index in [4.69, 9.17) is 9.47 Å². The lowest BCUT2D eigenvalue weighted by atomic mass is 10.1. The second-order valence-electron chi connectivity index (χ2n) is 5.74. The molecule has 0 fully saturated rings. The summed E-state index contributed by atoms with van der Waals surface area (Å²) in [7, 11) is 2.92. The number of para-hydroxylation sites is 2. The molecule has 0 aliphatic rings. The van der Waals surface area contributed by atoms with Crippen molar-refractivity contribution in [3.8, 4) is 5.75 Å². The van der Waals surface area contributed by atoms with E-state index in [-0.39, 0.29) is 18.4 Å². The molecule has 1 amide bonds. The molecule has 26 heavy (non-hydrogen) atoms. The van der Waals surface area contributed by atoms with Crippen molar-refractivity contribution in [2.75, 3.05) is 32.6 Å². The number of nitrogens with one attached hydrogen (secondary N) is 1. The number of rotatable bonds is 8. The molecule has 0 atom stereocenters. The lowest BCUT2D eigenvalue weighted by Gasteiger charge is -2.20. The van der Waals surface area contributed by atoms with Crippen LogP contribution in [0.1, 0.15) is 22.8 Å².